The highest BCUT2D eigenvalue weighted by molar-refractivity contribution is 5.21. The van der Waals surface area contributed by atoms with Crippen molar-refractivity contribution in [2.75, 3.05) is 13.2 Å². The van der Waals surface area contributed by atoms with E-state index in [0.717, 1.165) is 17.7 Å². The first-order valence-electron chi connectivity index (χ1n) is 5.12. The zero-order valence-corrected chi connectivity index (χ0v) is 8.72. The number of aryl methyl sites for hydroxylation is 1. The maximum Gasteiger partial charge on any atom is 0.187 e. The molecule has 1 atom stereocenters. The Balaban J connectivity index is 2.12. The van der Waals surface area contributed by atoms with Gasteiger partial charge in [0, 0.05) is 17.5 Å². The summed E-state index contributed by atoms with van der Waals surface area (Å²) < 4.78 is 10.7. The monoisotopic (exact) mass is 209 g/mol. The normalized spacial score (nSPS) is 20.1. The second-order valence-electron chi connectivity index (χ2n) is 3.59. The molecule has 0 amide bonds. The van der Waals surface area contributed by atoms with Crippen LogP contribution >= 0.6 is 0 Å². The van der Waals surface area contributed by atoms with Crippen molar-refractivity contribution in [1.82, 2.24) is 4.98 Å². The minimum atomic E-state index is -0.751. The van der Waals surface area contributed by atoms with E-state index in [2.05, 4.69) is 4.98 Å². The maximum atomic E-state index is 10.0. The van der Waals surface area contributed by atoms with Crippen LogP contribution in [0.15, 0.2) is 18.3 Å². The fourth-order valence-electron chi connectivity index (χ4n) is 1.64. The third kappa shape index (κ3) is 2.34. The first-order valence-corrected chi connectivity index (χ1v) is 5.12. The number of aliphatic hydroxyl groups excluding tert-OH is 1. The van der Waals surface area contributed by atoms with Crippen molar-refractivity contribution in [3.8, 4) is 0 Å². The van der Waals surface area contributed by atoms with Gasteiger partial charge in [-0.25, -0.2) is 0 Å². The van der Waals surface area contributed by atoms with E-state index >= 15 is 0 Å². The van der Waals surface area contributed by atoms with Crippen LogP contribution in [0.1, 0.15) is 23.8 Å². The first kappa shape index (κ1) is 10.5. The third-order valence-electron chi connectivity index (χ3n) is 2.48. The van der Waals surface area contributed by atoms with Crippen LogP contribution in [-0.4, -0.2) is 29.6 Å². The van der Waals surface area contributed by atoms with Crippen LogP contribution in [0.5, 0.6) is 0 Å². The fraction of sp³-hybridized carbons (Fsp3) is 0.545. The van der Waals surface area contributed by atoms with Crippen molar-refractivity contribution < 1.29 is 14.6 Å². The summed E-state index contributed by atoms with van der Waals surface area (Å²) in [5.74, 6) is 0. The lowest BCUT2D eigenvalue weighted by Crippen LogP contribution is -2.31. The Hall–Kier alpha value is -0.970. The SMILES string of the molecule is Cc1ncccc1C(O)C1OCCCO1. The molecule has 0 saturated carbocycles. The molecule has 1 N–H and O–H groups in total. The quantitative estimate of drug-likeness (QED) is 0.794. The minimum absolute atomic E-state index is 0.554. The van der Waals surface area contributed by atoms with Gasteiger partial charge in [-0.3, -0.25) is 4.98 Å². The lowest BCUT2D eigenvalue weighted by atomic mass is 10.1. The molecule has 1 aliphatic rings. The minimum Gasteiger partial charge on any atom is -0.383 e. The summed E-state index contributed by atoms with van der Waals surface area (Å²) in [5, 5.41) is 10.0. The number of nitrogens with zero attached hydrogens (tertiary/aromatic N) is 1. The Morgan fingerprint density at radius 2 is 2.20 bits per heavy atom. The van der Waals surface area contributed by atoms with E-state index in [0.29, 0.717) is 13.2 Å². The molecule has 82 valence electrons. The molecule has 1 fully saturated rings. The number of aromatic nitrogens is 1. The summed E-state index contributed by atoms with van der Waals surface area (Å²) in [6.07, 6.45) is 1.28. The van der Waals surface area contributed by atoms with Crippen LogP contribution in [0.3, 0.4) is 0 Å². The van der Waals surface area contributed by atoms with Crippen molar-refractivity contribution in [1.29, 1.82) is 0 Å². The largest absolute Gasteiger partial charge is 0.383 e. The maximum absolute atomic E-state index is 10.0. The van der Waals surface area contributed by atoms with Gasteiger partial charge in [-0.2, -0.15) is 0 Å². The lowest BCUT2D eigenvalue weighted by Gasteiger charge is -2.27. The Labute approximate surface area is 88.9 Å². The van der Waals surface area contributed by atoms with Crippen molar-refractivity contribution in [3.63, 3.8) is 0 Å². The summed E-state index contributed by atoms with van der Waals surface area (Å²) in [5.41, 5.74) is 1.58. The number of aliphatic hydroxyl groups is 1. The third-order valence-corrected chi connectivity index (χ3v) is 2.48. The fourth-order valence-corrected chi connectivity index (χ4v) is 1.64. The average molecular weight is 209 g/mol. The van der Waals surface area contributed by atoms with Crippen LogP contribution < -0.4 is 0 Å². The van der Waals surface area contributed by atoms with Crippen LogP contribution in [0, 0.1) is 6.92 Å². The smallest absolute Gasteiger partial charge is 0.187 e. The number of rotatable bonds is 2. The molecule has 0 spiro atoms. The molecule has 0 bridgehead atoms. The van der Waals surface area contributed by atoms with Gasteiger partial charge in [0.05, 0.1) is 13.2 Å². The molecule has 1 unspecified atom stereocenters. The molecule has 2 heterocycles. The van der Waals surface area contributed by atoms with E-state index in [-0.39, 0.29) is 0 Å². The van der Waals surface area contributed by atoms with Gasteiger partial charge < -0.3 is 14.6 Å². The predicted octanol–water partition coefficient (Wildman–Crippen LogP) is 1.19. The van der Waals surface area contributed by atoms with Crippen LogP contribution in [0.25, 0.3) is 0 Å². The topological polar surface area (TPSA) is 51.6 Å². The van der Waals surface area contributed by atoms with Gasteiger partial charge in [0.1, 0.15) is 6.10 Å². The van der Waals surface area contributed by atoms with Crippen molar-refractivity contribution in [2.24, 2.45) is 0 Å². The molecule has 4 heteroatoms. The summed E-state index contributed by atoms with van der Waals surface area (Å²) in [4.78, 5) is 4.12. The zero-order chi connectivity index (χ0) is 10.7. The van der Waals surface area contributed by atoms with Gasteiger partial charge in [0.15, 0.2) is 6.29 Å². The number of hydrogen-bond donors (Lipinski definition) is 1. The zero-order valence-electron chi connectivity index (χ0n) is 8.72. The van der Waals surface area contributed by atoms with Crippen LogP contribution in [-0.2, 0) is 9.47 Å². The first-order chi connectivity index (χ1) is 7.29. The van der Waals surface area contributed by atoms with E-state index < -0.39 is 12.4 Å². The number of pyridine rings is 1. The molecular weight excluding hydrogens is 194 g/mol. The molecule has 1 aromatic heterocycles. The Morgan fingerprint density at radius 3 is 2.87 bits per heavy atom. The molecule has 15 heavy (non-hydrogen) atoms. The summed E-state index contributed by atoms with van der Waals surface area (Å²) in [6.45, 7) is 3.14. The molecule has 1 aliphatic heterocycles. The highest BCUT2D eigenvalue weighted by atomic mass is 16.7. The van der Waals surface area contributed by atoms with Gasteiger partial charge in [-0.1, -0.05) is 6.07 Å². The molecule has 1 aromatic rings. The van der Waals surface area contributed by atoms with E-state index in [1.807, 2.05) is 13.0 Å². The lowest BCUT2D eigenvalue weighted by molar-refractivity contribution is -0.224. The second-order valence-corrected chi connectivity index (χ2v) is 3.59. The highest BCUT2D eigenvalue weighted by Gasteiger charge is 2.26. The molecule has 2 rings (SSSR count). The van der Waals surface area contributed by atoms with E-state index in [1.54, 1.807) is 12.3 Å². The molecular formula is C11H15NO3. The summed E-state index contributed by atoms with van der Waals surface area (Å²) in [6, 6.07) is 3.64. The van der Waals surface area contributed by atoms with Crippen molar-refractivity contribution >= 4 is 0 Å². The molecule has 1 saturated heterocycles. The molecule has 0 radical (unpaired) electrons. The molecule has 0 aromatic carbocycles. The summed E-state index contributed by atoms with van der Waals surface area (Å²) in [7, 11) is 0. The molecule has 4 nitrogen and oxygen atoms in total. The standard InChI is InChI=1S/C11H15NO3/c1-8-9(4-2-5-12-8)10(13)11-14-6-3-7-15-11/h2,4-5,10-11,13H,3,6-7H2,1H3. The highest BCUT2D eigenvalue weighted by Crippen LogP contribution is 2.23. The van der Waals surface area contributed by atoms with Gasteiger partial charge in [-0.05, 0) is 19.4 Å². The summed E-state index contributed by atoms with van der Waals surface area (Å²) >= 11 is 0. The Morgan fingerprint density at radius 1 is 1.47 bits per heavy atom. The number of hydrogen-bond acceptors (Lipinski definition) is 4. The predicted molar refractivity (Wildman–Crippen MR) is 54.2 cm³/mol. The van der Waals surface area contributed by atoms with Crippen molar-refractivity contribution in [3.05, 3.63) is 29.6 Å². The van der Waals surface area contributed by atoms with Gasteiger partial charge >= 0.3 is 0 Å². The van der Waals surface area contributed by atoms with Crippen molar-refractivity contribution in [2.45, 2.75) is 25.7 Å². The van der Waals surface area contributed by atoms with E-state index in [9.17, 15) is 5.11 Å². The second kappa shape index (κ2) is 4.70. The van der Waals surface area contributed by atoms with Gasteiger partial charge in [0.2, 0.25) is 0 Å². The Kier molecular flexibility index (Phi) is 3.30. The van der Waals surface area contributed by atoms with Gasteiger partial charge in [-0.15, -0.1) is 0 Å². The van der Waals surface area contributed by atoms with Gasteiger partial charge in [0.25, 0.3) is 0 Å². The Bertz CT molecular complexity index is 323. The average Bonchev–Trinajstić information content (AvgIpc) is 2.30. The van der Waals surface area contributed by atoms with E-state index in [4.69, 9.17) is 9.47 Å². The molecule has 0 aliphatic carbocycles. The number of ether oxygens (including phenoxy) is 2. The van der Waals surface area contributed by atoms with Crippen LogP contribution in [0.4, 0.5) is 0 Å². The van der Waals surface area contributed by atoms with Crippen LogP contribution in [0.2, 0.25) is 0 Å². The van der Waals surface area contributed by atoms with E-state index in [1.165, 1.54) is 0 Å².